The molecule has 0 heterocycles. The lowest BCUT2D eigenvalue weighted by molar-refractivity contribution is -0.136. The first kappa shape index (κ1) is 22.2. The molecule has 0 fully saturated rings. The number of carbonyl (C=O) groups excluding carboxylic acids is 1. The second-order valence-electron chi connectivity index (χ2n) is 6.34. The highest BCUT2D eigenvalue weighted by molar-refractivity contribution is 5.70. The molecule has 0 unspecified atom stereocenters. The summed E-state index contributed by atoms with van der Waals surface area (Å²) in [6.07, 6.45) is 16.5. The summed E-state index contributed by atoms with van der Waals surface area (Å²) < 4.78 is 10.4. The fraction of sp³-hybridized carbons (Fsp3) is 0.458. The van der Waals surface area contributed by atoms with Gasteiger partial charge in [0.2, 0.25) is 0 Å². The van der Waals surface area contributed by atoms with Crippen molar-refractivity contribution in [2.75, 3.05) is 6.61 Å². The summed E-state index contributed by atoms with van der Waals surface area (Å²) in [6.45, 7) is 2.85. The van der Waals surface area contributed by atoms with Gasteiger partial charge in [-0.1, -0.05) is 56.2 Å². The Morgan fingerprint density at radius 2 is 1.56 bits per heavy atom. The molecule has 1 rings (SSSR count). The second kappa shape index (κ2) is 15.4. The molecule has 0 radical (unpaired) electrons. The van der Waals surface area contributed by atoms with Gasteiger partial charge in [-0.15, -0.1) is 6.42 Å². The first-order valence-electron chi connectivity index (χ1n) is 9.57. The Bertz CT molecular complexity index is 730. The Morgan fingerprint density at radius 1 is 0.926 bits per heavy atom. The molecule has 0 aliphatic heterocycles. The molecular formula is C24H44O3. The molecule has 0 amide bonds. The van der Waals surface area contributed by atoms with Gasteiger partial charge in [0.15, 0.2) is 0 Å². The average molecular weight is 381 g/mol. The van der Waals surface area contributed by atoms with Crippen LogP contribution in [0.25, 0.3) is 0 Å². The Balaban J connectivity index is -0.000000152. The largest absolute Gasteiger partial charge is 0.494 e. The molecule has 0 aliphatic carbocycles. The average Bonchev–Trinajstić information content (AvgIpc) is 2.67. The van der Waals surface area contributed by atoms with E-state index in [0.717, 1.165) is 38.0 Å². The van der Waals surface area contributed by atoms with Crippen molar-refractivity contribution in [3.05, 3.63) is 29.8 Å². The van der Waals surface area contributed by atoms with E-state index in [1.165, 1.54) is 31.2 Å². The highest BCUT2D eigenvalue weighted by atomic mass is 16.5. The maximum Gasteiger partial charge on any atom is 0.319 e. The molecule has 3 heteroatoms. The van der Waals surface area contributed by atoms with E-state index >= 15 is 0 Å². The highest BCUT2D eigenvalue weighted by Gasteiger charge is 2.01. The van der Waals surface area contributed by atoms with E-state index in [4.69, 9.17) is 15.9 Å². The highest BCUT2D eigenvalue weighted by Crippen LogP contribution is 2.13. The van der Waals surface area contributed by atoms with Crippen molar-refractivity contribution in [1.82, 2.24) is 0 Å². The smallest absolute Gasteiger partial charge is 0.319 e. The first-order valence-corrected chi connectivity index (χ1v) is 9.57. The molecule has 1 aromatic carbocycles. The van der Waals surface area contributed by atoms with Crippen LogP contribution < -0.4 is 4.74 Å². The van der Waals surface area contributed by atoms with Crippen LogP contribution in [0.1, 0.15) is 74.8 Å². The lowest BCUT2D eigenvalue weighted by Gasteiger charge is -2.06. The van der Waals surface area contributed by atoms with Crippen molar-refractivity contribution in [2.45, 2.75) is 64.7 Å². The van der Waals surface area contributed by atoms with E-state index < -0.39 is 0 Å². The van der Waals surface area contributed by atoms with Crippen LogP contribution >= 0.6 is 0 Å². The summed E-state index contributed by atoms with van der Waals surface area (Å²) in [5, 5.41) is 0. The van der Waals surface area contributed by atoms with Crippen LogP contribution in [-0.4, -0.2) is 12.6 Å². The van der Waals surface area contributed by atoms with Gasteiger partial charge in [0.05, 0.1) is 6.61 Å². The normalized spacial score (nSPS) is 9.19. The number of hydrogen-bond donors (Lipinski definition) is 0. The number of terminal acetylenes is 1. The Kier molecular flexibility index (Phi) is 12.7. The van der Waals surface area contributed by atoms with Gasteiger partial charge in [-0.05, 0) is 43.7 Å². The first-order chi connectivity index (χ1) is 13.2. The molecule has 0 aromatic heterocycles. The van der Waals surface area contributed by atoms with Gasteiger partial charge in [0.25, 0.3) is 0 Å². The van der Waals surface area contributed by atoms with E-state index in [1.54, 1.807) is 0 Å². The molecule has 3 nitrogen and oxygen atoms in total. The third-order valence-electron chi connectivity index (χ3n) is 3.98. The van der Waals surface area contributed by atoms with Gasteiger partial charge >= 0.3 is 5.97 Å². The number of benzene rings is 1. The molecule has 0 atom stereocenters. The number of esters is 1. The molecule has 0 bridgehead atoms. The van der Waals surface area contributed by atoms with Crippen molar-refractivity contribution in [3.63, 3.8) is 0 Å². The quantitative estimate of drug-likeness (QED) is 0.222. The number of carbonyl (C=O) groups is 1. The maximum absolute atomic E-state index is 11.4. The van der Waals surface area contributed by atoms with Crippen LogP contribution in [0.5, 0.6) is 5.75 Å². The van der Waals surface area contributed by atoms with Crippen LogP contribution in [0, 0.1) is 43.1 Å². The summed E-state index contributed by atoms with van der Waals surface area (Å²) in [6, 6.07) is 8.17. The van der Waals surface area contributed by atoms with Gasteiger partial charge in [-0.25, -0.2) is 0 Å². The van der Waals surface area contributed by atoms with E-state index in [1.807, 2.05) is 12.1 Å². The monoisotopic (exact) mass is 380 g/mol. The van der Waals surface area contributed by atoms with Crippen LogP contribution in [-0.2, 0) is 9.53 Å². The summed E-state index contributed by atoms with van der Waals surface area (Å²) in [5.74, 6) is 9.83. The Labute approximate surface area is 175 Å². The summed E-state index contributed by atoms with van der Waals surface area (Å²) in [4.78, 5) is 11.4. The van der Waals surface area contributed by atoms with Crippen LogP contribution in [0.3, 0.4) is 0 Å². The fourth-order valence-corrected chi connectivity index (χ4v) is 2.48. The molecule has 27 heavy (non-hydrogen) atoms. The number of rotatable bonds is 12. The minimum atomic E-state index is -0.307. The van der Waals surface area contributed by atoms with Gasteiger partial charge in [-0.2, -0.15) is 0 Å². The van der Waals surface area contributed by atoms with E-state index in [9.17, 15) is 4.79 Å². The lowest BCUT2D eigenvalue weighted by atomic mass is 10.1. The Hall–Kier alpha value is -2.83. The second-order valence-corrected chi connectivity index (χ2v) is 6.34. The van der Waals surface area contributed by atoms with Gasteiger partial charge in [0, 0.05) is 29.7 Å². The molecule has 0 saturated carbocycles. The zero-order valence-corrected chi connectivity index (χ0v) is 16.2. The van der Waals surface area contributed by atoms with E-state index in [-0.39, 0.29) is 17.4 Å². The minimum absolute atomic E-state index is 0. The zero-order chi connectivity index (χ0) is 19.6. The van der Waals surface area contributed by atoms with Crippen molar-refractivity contribution in [3.8, 4) is 42.0 Å². The predicted octanol–water partition coefficient (Wildman–Crippen LogP) is 6.99. The van der Waals surface area contributed by atoms with Crippen LogP contribution in [0.4, 0.5) is 0 Å². The molecule has 0 N–H and O–H groups in total. The number of ether oxygens (including phenoxy) is 2. The molecule has 0 saturated heterocycles. The predicted molar refractivity (Wildman–Crippen MR) is 126 cm³/mol. The fourth-order valence-electron chi connectivity index (χ4n) is 2.48. The third kappa shape index (κ3) is 13.1. The standard InChI is InChI=1S/C24H28O3.8H2/c1-3-4-5-13-21-27-24(25)15-12-10-8-6-7-9-11-14-20-26-23-18-16-22(2)17-19-23;;;;;;;;/h1,16-19H,6-12,14-15,20H2,2H3;8*1H. The number of aryl methyl sites for hydroxylation is 1. The molecule has 0 spiro atoms. The topological polar surface area (TPSA) is 35.5 Å². The molecule has 0 aliphatic rings. The van der Waals surface area contributed by atoms with Gasteiger partial charge in [0.1, 0.15) is 11.9 Å². The third-order valence-corrected chi connectivity index (χ3v) is 3.98. The zero-order valence-electron chi connectivity index (χ0n) is 16.2. The van der Waals surface area contributed by atoms with Gasteiger partial charge < -0.3 is 9.47 Å². The van der Waals surface area contributed by atoms with E-state index in [2.05, 4.69) is 48.8 Å². The SMILES string of the molecule is C#CC#CC#COC(=O)CCCCCCCCCCOc1ccc(C)cc1.[HH].[HH].[HH].[HH].[HH].[HH].[HH].[HH]. The minimum Gasteiger partial charge on any atom is -0.494 e. The number of unbranched alkanes of at least 4 members (excludes halogenated alkanes) is 7. The van der Waals surface area contributed by atoms with Crippen molar-refractivity contribution in [2.24, 2.45) is 0 Å². The summed E-state index contributed by atoms with van der Waals surface area (Å²) in [5.41, 5.74) is 1.25. The van der Waals surface area contributed by atoms with Crippen molar-refractivity contribution >= 4 is 5.97 Å². The van der Waals surface area contributed by atoms with Crippen molar-refractivity contribution < 1.29 is 25.7 Å². The van der Waals surface area contributed by atoms with Crippen LogP contribution in [0.2, 0.25) is 0 Å². The lowest BCUT2D eigenvalue weighted by Crippen LogP contribution is -1.99. The molecular weight excluding hydrogens is 336 g/mol. The van der Waals surface area contributed by atoms with E-state index in [0.29, 0.717) is 6.42 Å². The Morgan fingerprint density at radius 3 is 2.22 bits per heavy atom. The number of hydrogen-bond acceptors (Lipinski definition) is 3. The maximum atomic E-state index is 11.4. The summed E-state index contributed by atoms with van der Waals surface area (Å²) in [7, 11) is 0. The summed E-state index contributed by atoms with van der Waals surface area (Å²) >= 11 is 0. The van der Waals surface area contributed by atoms with Crippen molar-refractivity contribution in [1.29, 1.82) is 0 Å². The molecule has 1 aromatic rings. The van der Waals surface area contributed by atoms with Crippen LogP contribution in [0.15, 0.2) is 24.3 Å². The molecule has 158 valence electrons. The van der Waals surface area contributed by atoms with Gasteiger partial charge in [-0.3, -0.25) is 4.79 Å².